The first kappa shape index (κ1) is 13.6. The van der Waals surface area contributed by atoms with Gasteiger partial charge >= 0.3 is 6.03 Å². The number of anilines is 1. The third-order valence-corrected chi connectivity index (χ3v) is 2.11. The maximum absolute atomic E-state index is 11.6. The first-order valence-corrected chi connectivity index (χ1v) is 5.48. The van der Waals surface area contributed by atoms with Gasteiger partial charge in [0.15, 0.2) is 0 Å². The number of phenols is 1. The molecule has 0 spiro atoms. The van der Waals surface area contributed by atoms with Crippen molar-refractivity contribution in [3.05, 3.63) is 60.8 Å². The van der Waals surface area contributed by atoms with E-state index in [1.54, 1.807) is 36.4 Å². The van der Waals surface area contributed by atoms with E-state index in [0.717, 1.165) is 0 Å². The highest BCUT2D eigenvalue weighted by molar-refractivity contribution is 5.90. The summed E-state index contributed by atoms with van der Waals surface area (Å²) in [4.78, 5) is 11.6. The lowest BCUT2D eigenvalue weighted by Crippen LogP contribution is -2.27. The van der Waals surface area contributed by atoms with E-state index in [1.807, 2.05) is 6.92 Å². The number of benzene rings is 1. The number of nitrogens with one attached hydrogen (secondary N) is 2. The minimum absolute atomic E-state index is 0.156. The van der Waals surface area contributed by atoms with Crippen LogP contribution in [0.5, 0.6) is 5.75 Å². The fourth-order valence-electron chi connectivity index (χ4n) is 1.22. The Morgan fingerprint density at radius 3 is 2.56 bits per heavy atom. The molecule has 18 heavy (non-hydrogen) atoms. The lowest BCUT2D eigenvalue weighted by molar-refractivity contribution is 0.254. The van der Waals surface area contributed by atoms with Gasteiger partial charge in [-0.3, -0.25) is 0 Å². The number of phenolic OH excluding ortho intramolecular Hbond substituents is 1. The molecule has 0 aromatic heterocycles. The average molecular weight is 244 g/mol. The number of carbonyl (C=O) groups excluding carboxylic acids is 1. The summed E-state index contributed by atoms with van der Waals surface area (Å²) in [5.41, 5.74) is 1.28. The Labute approximate surface area is 106 Å². The zero-order valence-electron chi connectivity index (χ0n) is 10.2. The number of amides is 2. The Morgan fingerprint density at radius 1 is 1.33 bits per heavy atom. The first-order valence-electron chi connectivity index (χ1n) is 5.48. The predicted octanol–water partition coefficient (Wildman–Crippen LogP) is 3.16. The molecule has 0 bridgehead atoms. The fourth-order valence-corrected chi connectivity index (χ4v) is 1.22. The largest absolute Gasteiger partial charge is 0.508 e. The van der Waals surface area contributed by atoms with Crippen molar-refractivity contribution in [1.29, 1.82) is 0 Å². The van der Waals surface area contributed by atoms with Crippen molar-refractivity contribution >= 4 is 11.7 Å². The summed E-state index contributed by atoms with van der Waals surface area (Å²) in [6.45, 7) is 5.38. The summed E-state index contributed by atoms with van der Waals surface area (Å²) in [5, 5.41) is 14.4. The molecule has 2 amide bonds. The van der Waals surface area contributed by atoms with Crippen LogP contribution in [-0.2, 0) is 0 Å². The van der Waals surface area contributed by atoms with Crippen molar-refractivity contribution in [3.63, 3.8) is 0 Å². The Kier molecular flexibility index (Phi) is 5.25. The van der Waals surface area contributed by atoms with Crippen molar-refractivity contribution in [1.82, 2.24) is 5.32 Å². The molecule has 0 aliphatic heterocycles. The van der Waals surface area contributed by atoms with E-state index in [-0.39, 0.29) is 11.8 Å². The van der Waals surface area contributed by atoms with Gasteiger partial charge in [-0.25, -0.2) is 4.79 Å². The van der Waals surface area contributed by atoms with Crippen LogP contribution in [-0.4, -0.2) is 11.1 Å². The summed E-state index contributed by atoms with van der Waals surface area (Å²) in [5.74, 6) is 0.156. The summed E-state index contributed by atoms with van der Waals surface area (Å²) in [6, 6.07) is 5.89. The second-order valence-electron chi connectivity index (χ2n) is 3.46. The summed E-state index contributed by atoms with van der Waals surface area (Å²) in [6.07, 6.45) is 6.87. The van der Waals surface area contributed by atoms with Crippen LogP contribution in [0.25, 0.3) is 0 Å². The van der Waals surface area contributed by atoms with Crippen LogP contribution in [0.15, 0.2) is 60.8 Å². The van der Waals surface area contributed by atoms with Crippen molar-refractivity contribution in [3.8, 4) is 5.75 Å². The molecule has 4 nitrogen and oxygen atoms in total. The molecule has 0 atom stereocenters. The van der Waals surface area contributed by atoms with Crippen LogP contribution in [0.3, 0.4) is 0 Å². The van der Waals surface area contributed by atoms with E-state index in [1.165, 1.54) is 12.1 Å². The Hall–Kier alpha value is -2.49. The highest BCUT2D eigenvalue weighted by atomic mass is 16.3. The monoisotopic (exact) mass is 244 g/mol. The standard InChI is InChI=1S/C14H16N2O2/c1-3-5-6-11(4-2)15-14(18)16-12-7-9-13(17)10-8-12/h3-10,17H,1H2,2H3,(H2,15,16,18)/b6-5-,11-4+. The summed E-state index contributed by atoms with van der Waals surface area (Å²) in [7, 11) is 0. The molecule has 94 valence electrons. The molecule has 0 saturated carbocycles. The fraction of sp³-hybridized carbons (Fsp3) is 0.0714. The van der Waals surface area contributed by atoms with E-state index in [0.29, 0.717) is 11.4 Å². The van der Waals surface area contributed by atoms with Crippen LogP contribution < -0.4 is 10.6 Å². The number of rotatable bonds is 4. The number of hydrogen-bond acceptors (Lipinski definition) is 2. The maximum Gasteiger partial charge on any atom is 0.323 e. The molecule has 1 aromatic carbocycles. The van der Waals surface area contributed by atoms with Gasteiger partial charge in [0, 0.05) is 11.4 Å². The van der Waals surface area contributed by atoms with E-state index in [2.05, 4.69) is 17.2 Å². The number of allylic oxidation sites excluding steroid dienone is 4. The number of carbonyl (C=O) groups is 1. The maximum atomic E-state index is 11.6. The molecule has 0 aliphatic carbocycles. The molecule has 3 N–H and O–H groups in total. The van der Waals surface area contributed by atoms with Gasteiger partial charge in [-0.15, -0.1) is 0 Å². The van der Waals surface area contributed by atoms with Gasteiger partial charge in [0.2, 0.25) is 0 Å². The molecule has 0 unspecified atom stereocenters. The predicted molar refractivity (Wildman–Crippen MR) is 73.4 cm³/mol. The Bertz CT molecular complexity index is 473. The van der Waals surface area contributed by atoms with E-state index in [4.69, 9.17) is 5.11 Å². The average Bonchev–Trinajstić information content (AvgIpc) is 2.37. The summed E-state index contributed by atoms with van der Waals surface area (Å²) >= 11 is 0. The smallest absolute Gasteiger partial charge is 0.323 e. The van der Waals surface area contributed by atoms with E-state index < -0.39 is 0 Å². The van der Waals surface area contributed by atoms with Gasteiger partial charge in [0.25, 0.3) is 0 Å². The van der Waals surface area contributed by atoms with Gasteiger partial charge in [0.05, 0.1) is 0 Å². The van der Waals surface area contributed by atoms with Gasteiger partial charge < -0.3 is 15.7 Å². The zero-order valence-corrected chi connectivity index (χ0v) is 10.2. The van der Waals surface area contributed by atoms with Crippen molar-refractivity contribution < 1.29 is 9.90 Å². The van der Waals surface area contributed by atoms with Crippen LogP contribution in [0.1, 0.15) is 6.92 Å². The summed E-state index contributed by atoms with van der Waals surface area (Å²) < 4.78 is 0. The van der Waals surface area contributed by atoms with Gasteiger partial charge in [-0.2, -0.15) is 0 Å². The highest BCUT2D eigenvalue weighted by Gasteiger charge is 2.02. The Balaban J connectivity index is 2.58. The van der Waals surface area contributed by atoms with Crippen LogP contribution in [0.4, 0.5) is 10.5 Å². The minimum Gasteiger partial charge on any atom is -0.508 e. The van der Waals surface area contributed by atoms with Crippen molar-refractivity contribution in [2.45, 2.75) is 6.92 Å². The van der Waals surface area contributed by atoms with Crippen LogP contribution in [0, 0.1) is 0 Å². The third-order valence-electron chi connectivity index (χ3n) is 2.11. The molecular formula is C14H16N2O2. The van der Waals surface area contributed by atoms with Crippen molar-refractivity contribution in [2.24, 2.45) is 0 Å². The number of aromatic hydroxyl groups is 1. The third kappa shape index (κ3) is 4.57. The molecule has 0 saturated heterocycles. The normalized spacial score (nSPS) is 11.3. The first-order chi connectivity index (χ1) is 8.65. The SMILES string of the molecule is C=C/C=C\C(=C/C)NC(=O)Nc1ccc(O)cc1. The zero-order chi connectivity index (χ0) is 13.4. The van der Waals surface area contributed by atoms with Crippen molar-refractivity contribution in [2.75, 3.05) is 5.32 Å². The van der Waals surface area contributed by atoms with Crippen LogP contribution >= 0.6 is 0 Å². The molecule has 0 aliphatic rings. The Morgan fingerprint density at radius 2 is 2.00 bits per heavy atom. The van der Waals surface area contributed by atoms with E-state index in [9.17, 15) is 4.79 Å². The molecule has 1 rings (SSSR count). The second kappa shape index (κ2) is 6.96. The highest BCUT2D eigenvalue weighted by Crippen LogP contribution is 2.13. The van der Waals surface area contributed by atoms with Crippen LogP contribution in [0.2, 0.25) is 0 Å². The molecule has 0 radical (unpaired) electrons. The second-order valence-corrected chi connectivity index (χ2v) is 3.46. The molecule has 4 heteroatoms. The molecule has 0 heterocycles. The van der Waals surface area contributed by atoms with Gasteiger partial charge in [-0.05, 0) is 37.3 Å². The van der Waals surface area contributed by atoms with Gasteiger partial charge in [0.1, 0.15) is 5.75 Å². The molecule has 1 aromatic rings. The lowest BCUT2D eigenvalue weighted by Gasteiger charge is -2.08. The number of hydrogen-bond donors (Lipinski definition) is 3. The quantitative estimate of drug-likeness (QED) is 0.562. The van der Waals surface area contributed by atoms with E-state index >= 15 is 0 Å². The lowest BCUT2D eigenvalue weighted by atomic mass is 10.3. The number of urea groups is 1. The topological polar surface area (TPSA) is 61.4 Å². The minimum atomic E-state index is -0.345. The molecule has 0 fully saturated rings. The molecular weight excluding hydrogens is 228 g/mol. The van der Waals surface area contributed by atoms with Gasteiger partial charge in [-0.1, -0.05) is 24.8 Å².